The zero-order valence-electron chi connectivity index (χ0n) is 10.4. The largest absolute Gasteiger partial charge is 0.410 e. The molecule has 20 heavy (non-hydrogen) atoms. The fourth-order valence-corrected chi connectivity index (χ4v) is 3.65. The average molecular weight is 346 g/mol. The molecule has 0 N–H and O–H groups in total. The van der Waals surface area contributed by atoms with Crippen molar-refractivity contribution in [2.24, 2.45) is 0 Å². The number of sulfone groups is 1. The van der Waals surface area contributed by atoms with Gasteiger partial charge in [-0.25, -0.2) is 16.8 Å². The number of aromatic nitrogens is 2. The van der Waals surface area contributed by atoms with Crippen molar-refractivity contribution in [1.82, 2.24) is 9.78 Å². The van der Waals surface area contributed by atoms with Crippen LogP contribution in [0.25, 0.3) is 0 Å². The number of nitrogens with zero attached hydrogens (tertiary/aromatic N) is 3. The quantitative estimate of drug-likeness (QED) is 0.400. The Morgan fingerprint density at radius 2 is 1.95 bits per heavy atom. The molecule has 0 aliphatic rings. The van der Waals surface area contributed by atoms with E-state index in [4.69, 9.17) is 10.7 Å². The second-order valence-corrected chi connectivity index (χ2v) is 8.76. The summed E-state index contributed by atoms with van der Waals surface area (Å²) < 4.78 is 46.2. The van der Waals surface area contributed by atoms with Crippen LogP contribution in [0, 0.1) is 10.1 Å². The molecule has 1 aromatic rings. The summed E-state index contributed by atoms with van der Waals surface area (Å²) in [6.07, 6.45) is 1.30. The second-order valence-electron chi connectivity index (χ2n) is 3.93. The van der Waals surface area contributed by atoms with Crippen molar-refractivity contribution in [3.63, 3.8) is 0 Å². The van der Waals surface area contributed by atoms with E-state index in [1.165, 1.54) is 0 Å². The van der Waals surface area contributed by atoms with E-state index in [1.807, 2.05) is 0 Å². The maximum Gasteiger partial charge on any atom is 0.410 e. The van der Waals surface area contributed by atoms with E-state index < -0.39 is 34.5 Å². The second kappa shape index (κ2) is 6.06. The Morgan fingerprint density at radius 1 is 1.35 bits per heavy atom. The molecule has 0 aliphatic heterocycles. The van der Waals surface area contributed by atoms with Crippen molar-refractivity contribution in [3.8, 4) is 0 Å². The molecular weight excluding hydrogens is 334 g/mol. The van der Waals surface area contributed by atoms with Crippen molar-refractivity contribution in [2.45, 2.75) is 24.8 Å². The first-order chi connectivity index (χ1) is 9.07. The molecule has 0 radical (unpaired) electrons. The third-order valence-electron chi connectivity index (χ3n) is 2.29. The number of hydrogen-bond acceptors (Lipinski definition) is 7. The Labute approximate surface area is 120 Å². The Morgan fingerprint density at radius 3 is 2.35 bits per heavy atom. The summed E-state index contributed by atoms with van der Waals surface area (Å²) in [5, 5.41) is 14.1. The van der Waals surface area contributed by atoms with Crippen LogP contribution < -0.4 is 0 Å². The van der Waals surface area contributed by atoms with Crippen LogP contribution in [0.1, 0.15) is 13.3 Å². The molecular formula is C8H12ClN3O6S2. The number of halogens is 1. The van der Waals surface area contributed by atoms with E-state index >= 15 is 0 Å². The van der Waals surface area contributed by atoms with Gasteiger partial charge in [0, 0.05) is 16.4 Å². The number of aryl methyl sites for hydroxylation is 1. The van der Waals surface area contributed by atoms with Gasteiger partial charge in [-0.15, -0.1) is 0 Å². The van der Waals surface area contributed by atoms with Gasteiger partial charge in [0.2, 0.25) is 4.90 Å². The van der Waals surface area contributed by atoms with Crippen molar-refractivity contribution in [1.29, 1.82) is 0 Å². The van der Waals surface area contributed by atoms with Gasteiger partial charge in [-0.05, 0) is 11.3 Å². The van der Waals surface area contributed by atoms with Crippen LogP contribution in [0.3, 0.4) is 0 Å². The molecule has 0 spiro atoms. The normalized spacial score (nSPS) is 12.5. The lowest BCUT2D eigenvalue weighted by Gasteiger charge is -2.00. The predicted octanol–water partition coefficient (Wildman–Crippen LogP) is 0.544. The lowest BCUT2D eigenvalue weighted by Crippen LogP contribution is -2.16. The molecule has 1 rings (SSSR count). The van der Waals surface area contributed by atoms with Gasteiger partial charge in [0.25, 0.3) is 9.05 Å². The summed E-state index contributed by atoms with van der Waals surface area (Å²) in [4.78, 5) is 8.93. The molecule has 9 nitrogen and oxygen atoms in total. The van der Waals surface area contributed by atoms with E-state index in [2.05, 4.69) is 5.10 Å². The molecule has 0 bridgehead atoms. The first-order valence-corrected chi connectivity index (χ1v) is 9.57. The minimum Gasteiger partial charge on any atom is -0.358 e. The van der Waals surface area contributed by atoms with Crippen LogP contribution in [0.4, 0.5) is 5.82 Å². The fraction of sp³-hybridized carbons (Fsp3) is 0.625. The number of nitro groups is 1. The van der Waals surface area contributed by atoms with Gasteiger partial charge in [-0.1, -0.05) is 6.92 Å². The van der Waals surface area contributed by atoms with Crippen molar-refractivity contribution < 1.29 is 21.8 Å². The average Bonchev–Trinajstić information content (AvgIpc) is 2.70. The minimum absolute atomic E-state index is 0.0168. The van der Waals surface area contributed by atoms with Gasteiger partial charge in [-0.2, -0.15) is 4.68 Å². The first kappa shape index (κ1) is 16.9. The monoisotopic (exact) mass is 345 g/mol. The molecule has 1 heterocycles. The van der Waals surface area contributed by atoms with Crippen molar-refractivity contribution >= 4 is 35.4 Å². The fourth-order valence-electron chi connectivity index (χ4n) is 1.45. The molecule has 0 amide bonds. The van der Waals surface area contributed by atoms with Crippen LogP contribution in [0.15, 0.2) is 11.1 Å². The summed E-state index contributed by atoms with van der Waals surface area (Å²) in [6, 6.07) is 0. The molecule has 0 unspecified atom stereocenters. The molecule has 1 aromatic heterocycles. The van der Waals surface area contributed by atoms with E-state index in [-0.39, 0.29) is 18.1 Å². The Bertz CT molecular complexity index is 709. The zero-order valence-corrected chi connectivity index (χ0v) is 12.8. The maximum atomic E-state index is 11.5. The van der Waals surface area contributed by atoms with Gasteiger partial charge in [0.05, 0.1) is 23.6 Å². The zero-order chi connectivity index (χ0) is 15.6. The number of rotatable bonds is 7. The Hall–Kier alpha value is -1.20. The van der Waals surface area contributed by atoms with Gasteiger partial charge < -0.3 is 10.1 Å². The standard InChI is InChI=1S/C8H12ClN3O6S2/c1-2-4-19(15,16)5-3-11-6-7(20(9,17)18)8(10-11)12(13)14/h6H,2-5H2,1H3. The number of hydrogen-bond donors (Lipinski definition) is 0. The summed E-state index contributed by atoms with van der Waals surface area (Å²) in [5.41, 5.74) is 0. The SMILES string of the molecule is CCCS(=O)(=O)CCn1cc(S(=O)(=O)Cl)c([N+](=O)[O-])n1. The highest BCUT2D eigenvalue weighted by Crippen LogP contribution is 2.24. The van der Waals surface area contributed by atoms with Gasteiger partial charge in [0.1, 0.15) is 0 Å². The highest BCUT2D eigenvalue weighted by Gasteiger charge is 2.30. The summed E-state index contributed by atoms with van der Waals surface area (Å²) in [5.74, 6) is -1.23. The van der Waals surface area contributed by atoms with E-state index in [0.29, 0.717) is 6.42 Å². The molecule has 0 saturated heterocycles. The maximum absolute atomic E-state index is 11.5. The van der Waals surface area contributed by atoms with Crippen LogP contribution in [0.5, 0.6) is 0 Å². The third-order valence-corrected chi connectivity index (χ3v) is 5.44. The Balaban J connectivity index is 3.03. The van der Waals surface area contributed by atoms with E-state index in [0.717, 1.165) is 10.9 Å². The Kier molecular flexibility index (Phi) is 5.10. The van der Waals surface area contributed by atoms with Gasteiger partial charge in [0.15, 0.2) is 9.84 Å². The van der Waals surface area contributed by atoms with Crippen molar-refractivity contribution in [3.05, 3.63) is 16.3 Å². The first-order valence-electron chi connectivity index (χ1n) is 5.44. The topological polar surface area (TPSA) is 129 Å². The van der Waals surface area contributed by atoms with Crippen LogP contribution in [-0.4, -0.2) is 43.0 Å². The summed E-state index contributed by atoms with van der Waals surface area (Å²) in [7, 11) is -2.57. The van der Waals surface area contributed by atoms with Gasteiger partial charge in [-0.3, -0.25) is 0 Å². The van der Waals surface area contributed by atoms with E-state index in [9.17, 15) is 26.9 Å². The van der Waals surface area contributed by atoms with Crippen LogP contribution in [-0.2, 0) is 25.4 Å². The lowest BCUT2D eigenvalue weighted by atomic mass is 10.6. The molecule has 12 heteroatoms. The van der Waals surface area contributed by atoms with E-state index in [1.54, 1.807) is 6.92 Å². The smallest absolute Gasteiger partial charge is 0.358 e. The van der Waals surface area contributed by atoms with Crippen LogP contribution >= 0.6 is 10.7 Å². The van der Waals surface area contributed by atoms with Crippen molar-refractivity contribution in [2.75, 3.05) is 11.5 Å². The minimum atomic E-state index is -4.32. The predicted molar refractivity (Wildman–Crippen MR) is 70.9 cm³/mol. The highest BCUT2D eigenvalue weighted by atomic mass is 35.7. The molecule has 0 aromatic carbocycles. The van der Waals surface area contributed by atoms with Gasteiger partial charge >= 0.3 is 5.82 Å². The summed E-state index contributed by atoms with van der Waals surface area (Å²) in [6.45, 7) is 1.52. The summed E-state index contributed by atoms with van der Waals surface area (Å²) >= 11 is 0. The molecule has 0 aliphatic carbocycles. The molecule has 0 fully saturated rings. The lowest BCUT2D eigenvalue weighted by molar-refractivity contribution is -0.392. The molecule has 0 atom stereocenters. The van der Waals surface area contributed by atoms with Crippen LogP contribution in [0.2, 0.25) is 0 Å². The third kappa shape index (κ3) is 4.42. The molecule has 0 saturated carbocycles. The highest BCUT2D eigenvalue weighted by molar-refractivity contribution is 8.13. The molecule has 114 valence electrons.